The number of hydrogen-bond acceptors (Lipinski definition) is 5. The number of imidazole rings is 1. The van der Waals surface area contributed by atoms with Gasteiger partial charge in [0, 0.05) is 32.1 Å². The van der Waals surface area contributed by atoms with Crippen LogP contribution in [0, 0.1) is 5.92 Å². The standard InChI is InChI=1S/C24H28N4O4/c1-15(2)12-23(29)26-16-8-9-18-17(13-16)27-22(28(18)3)10-11-25-24(30)21-14-31-19-6-4-5-7-20(19)32-21/h4-9,13,15,21H,10-12,14H2,1-3H3,(H,25,30)(H,26,29)/t21-/m1/s1. The molecule has 4 rings (SSSR count). The Balaban J connectivity index is 1.34. The summed E-state index contributed by atoms with van der Waals surface area (Å²) in [5.41, 5.74) is 2.50. The third-order valence-electron chi connectivity index (χ3n) is 5.30. The average molecular weight is 437 g/mol. The molecule has 168 valence electrons. The van der Waals surface area contributed by atoms with Crippen LogP contribution >= 0.6 is 0 Å². The summed E-state index contributed by atoms with van der Waals surface area (Å²) in [6.07, 6.45) is 0.366. The van der Waals surface area contributed by atoms with Crippen LogP contribution in [-0.2, 0) is 23.1 Å². The van der Waals surface area contributed by atoms with Gasteiger partial charge in [0.2, 0.25) is 12.0 Å². The van der Waals surface area contributed by atoms with Gasteiger partial charge in [-0.1, -0.05) is 26.0 Å². The Bertz CT molecular complexity index is 1140. The van der Waals surface area contributed by atoms with Crippen molar-refractivity contribution in [3.8, 4) is 11.5 Å². The monoisotopic (exact) mass is 436 g/mol. The van der Waals surface area contributed by atoms with Crippen LogP contribution in [0.3, 0.4) is 0 Å². The Labute approximate surface area is 186 Å². The third-order valence-corrected chi connectivity index (χ3v) is 5.30. The lowest BCUT2D eigenvalue weighted by Gasteiger charge is -2.25. The Morgan fingerprint density at radius 3 is 2.75 bits per heavy atom. The van der Waals surface area contributed by atoms with Crippen molar-refractivity contribution in [1.82, 2.24) is 14.9 Å². The fourth-order valence-corrected chi connectivity index (χ4v) is 3.69. The van der Waals surface area contributed by atoms with Crippen LogP contribution < -0.4 is 20.1 Å². The number of carbonyl (C=O) groups is 2. The quantitative estimate of drug-likeness (QED) is 0.594. The molecule has 0 aliphatic carbocycles. The van der Waals surface area contributed by atoms with Crippen LogP contribution in [0.5, 0.6) is 11.5 Å². The number of amides is 2. The summed E-state index contributed by atoms with van der Waals surface area (Å²) in [6.45, 7) is 4.63. The van der Waals surface area contributed by atoms with Crippen molar-refractivity contribution in [2.24, 2.45) is 13.0 Å². The minimum Gasteiger partial charge on any atom is -0.485 e. The van der Waals surface area contributed by atoms with Gasteiger partial charge in [0.05, 0.1) is 11.0 Å². The number of hydrogen-bond donors (Lipinski definition) is 2. The third kappa shape index (κ3) is 4.85. The van der Waals surface area contributed by atoms with Crippen molar-refractivity contribution < 1.29 is 19.1 Å². The maximum Gasteiger partial charge on any atom is 0.264 e. The van der Waals surface area contributed by atoms with Gasteiger partial charge < -0.3 is 24.7 Å². The van der Waals surface area contributed by atoms with E-state index in [4.69, 9.17) is 9.47 Å². The first-order valence-electron chi connectivity index (χ1n) is 10.8. The first-order chi connectivity index (χ1) is 15.4. The molecule has 2 N–H and O–H groups in total. The number of aromatic nitrogens is 2. The van der Waals surface area contributed by atoms with Gasteiger partial charge in [-0.25, -0.2) is 4.98 Å². The molecule has 1 atom stereocenters. The molecule has 2 amide bonds. The second-order valence-corrected chi connectivity index (χ2v) is 8.34. The minimum absolute atomic E-state index is 0.00486. The molecule has 1 aromatic heterocycles. The fraction of sp³-hybridized carbons (Fsp3) is 0.375. The predicted molar refractivity (Wildman–Crippen MR) is 122 cm³/mol. The van der Waals surface area contributed by atoms with Crippen LogP contribution in [0.1, 0.15) is 26.1 Å². The first-order valence-corrected chi connectivity index (χ1v) is 10.8. The second-order valence-electron chi connectivity index (χ2n) is 8.34. The van der Waals surface area contributed by atoms with Crippen LogP contribution in [0.15, 0.2) is 42.5 Å². The predicted octanol–water partition coefficient (Wildman–Crippen LogP) is 3.06. The highest BCUT2D eigenvalue weighted by atomic mass is 16.6. The van der Waals surface area contributed by atoms with Crippen LogP contribution in [0.4, 0.5) is 5.69 Å². The molecule has 2 aromatic carbocycles. The molecular weight excluding hydrogens is 408 g/mol. The Morgan fingerprint density at radius 2 is 1.97 bits per heavy atom. The van der Waals surface area contributed by atoms with E-state index in [2.05, 4.69) is 15.6 Å². The summed E-state index contributed by atoms with van der Waals surface area (Å²) < 4.78 is 13.4. The van der Waals surface area contributed by atoms with E-state index >= 15 is 0 Å². The number of rotatable bonds is 7. The molecule has 1 aliphatic heterocycles. The number of aryl methyl sites for hydroxylation is 1. The number of para-hydroxylation sites is 2. The molecule has 0 radical (unpaired) electrons. The Morgan fingerprint density at radius 1 is 1.19 bits per heavy atom. The summed E-state index contributed by atoms with van der Waals surface area (Å²) in [5.74, 6) is 2.15. The van der Waals surface area contributed by atoms with E-state index in [-0.39, 0.29) is 18.4 Å². The summed E-state index contributed by atoms with van der Waals surface area (Å²) in [6, 6.07) is 13.0. The van der Waals surface area contributed by atoms with E-state index in [1.54, 1.807) is 6.07 Å². The van der Waals surface area contributed by atoms with Crippen molar-refractivity contribution in [2.75, 3.05) is 18.5 Å². The van der Waals surface area contributed by atoms with Crippen molar-refractivity contribution in [3.63, 3.8) is 0 Å². The van der Waals surface area contributed by atoms with Crippen LogP contribution in [0.25, 0.3) is 11.0 Å². The lowest BCUT2D eigenvalue weighted by atomic mass is 10.1. The van der Waals surface area contributed by atoms with E-state index in [0.717, 1.165) is 22.5 Å². The topological polar surface area (TPSA) is 94.5 Å². The van der Waals surface area contributed by atoms with Crippen molar-refractivity contribution in [2.45, 2.75) is 32.8 Å². The second kappa shape index (κ2) is 9.30. The number of nitrogens with zero attached hydrogens (tertiary/aromatic N) is 2. The molecule has 0 saturated heterocycles. The van der Waals surface area contributed by atoms with Crippen molar-refractivity contribution in [1.29, 1.82) is 0 Å². The lowest BCUT2D eigenvalue weighted by Crippen LogP contribution is -2.44. The molecule has 0 fully saturated rings. The highest BCUT2D eigenvalue weighted by Crippen LogP contribution is 2.30. The highest BCUT2D eigenvalue weighted by molar-refractivity contribution is 5.93. The maximum absolute atomic E-state index is 12.5. The van der Waals surface area contributed by atoms with Crippen molar-refractivity contribution >= 4 is 28.5 Å². The van der Waals surface area contributed by atoms with Crippen LogP contribution in [-0.4, -0.2) is 40.6 Å². The van der Waals surface area contributed by atoms with Gasteiger partial charge in [0.1, 0.15) is 12.4 Å². The van der Waals surface area contributed by atoms with Gasteiger partial charge >= 0.3 is 0 Å². The maximum atomic E-state index is 12.5. The van der Waals surface area contributed by atoms with Gasteiger partial charge in [-0.3, -0.25) is 9.59 Å². The summed E-state index contributed by atoms with van der Waals surface area (Å²) in [7, 11) is 1.94. The zero-order valence-corrected chi connectivity index (χ0v) is 18.6. The van der Waals surface area contributed by atoms with Gasteiger partial charge in [0.15, 0.2) is 11.5 Å². The molecule has 0 saturated carbocycles. The van der Waals surface area contributed by atoms with Gasteiger partial charge in [0.25, 0.3) is 5.91 Å². The van der Waals surface area contributed by atoms with E-state index < -0.39 is 6.10 Å². The number of anilines is 1. The summed E-state index contributed by atoms with van der Waals surface area (Å²) in [5, 5.41) is 5.83. The zero-order valence-electron chi connectivity index (χ0n) is 18.6. The van der Waals surface area contributed by atoms with Gasteiger partial charge in [-0.15, -0.1) is 0 Å². The summed E-state index contributed by atoms with van der Waals surface area (Å²) >= 11 is 0. The Hall–Kier alpha value is -3.55. The van der Waals surface area contributed by atoms with E-state index in [1.165, 1.54) is 0 Å². The van der Waals surface area contributed by atoms with Crippen LogP contribution in [0.2, 0.25) is 0 Å². The number of carbonyl (C=O) groups excluding carboxylic acids is 2. The Kier molecular flexibility index (Phi) is 6.30. The molecule has 1 aliphatic rings. The number of fused-ring (bicyclic) bond motifs is 2. The van der Waals surface area contributed by atoms with E-state index in [0.29, 0.717) is 36.8 Å². The number of benzene rings is 2. The van der Waals surface area contributed by atoms with Gasteiger partial charge in [-0.2, -0.15) is 0 Å². The van der Waals surface area contributed by atoms with Crippen molar-refractivity contribution in [3.05, 3.63) is 48.3 Å². The summed E-state index contributed by atoms with van der Waals surface area (Å²) in [4.78, 5) is 29.2. The molecule has 8 nitrogen and oxygen atoms in total. The fourth-order valence-electron chi connectivity index (χ4n) is 3.69. The highest BCUT2D eigenvalue weighted by Gasteiger charge is 2.27. The molecule has 0 unspecified atom stereocenters. The molecule has 3 aromatic rings. The zero-order chi connectivity index (χ0) is 22.7. The molecule has 32 heavy (non-hydrogen) atoms. The SMILES string of the molecule is CC(C)CC(=O)Nc1ccc2c(c1)nc(CCNC(=O)[C@H]1COc3ccccc3O1)n2C. The largest absolute Gasteiger partial charge is 0.485 e. The smallest absolute Gasteiger partial charge is 0.264 e. The number of ether oxygens (including phenoxy) is 2. The molecule has 0 bridgehead atoms. The molecule has 0 spiro atoms. The molecular formula is C24H28N4O4. The molecule has 2 heterocycles. The van der Waals surface area contributed by atoms with E-state index in [9.17, 15) is 9.59 Å². The first kappa shape index (κ1) is 21.7. The molecule has 8 heteroatoms. The normalized spacial score (nSPS) is 15.1. The average Bonchev–Trinajstić information content (AvgIpc) is 3.07. The van der Waals surface area contributed by atoms with E-state index in [1.807, 2.05) is 61.9 Å². The minimum atomic E-state index is -0.678. The van der Waals surface area contributed by atoms with Gasteiger partial charge in [-0.05, 0) is 36.2 Å². The lowest BCUT2D eigenvalue weighted by molar-refractivity contribution is -0.130. The number of nitrogens with one attached hydrogen (secondary N) is 2.